The maximum Gasteiger partial charge on any atom is 0.139 e. The van der Waals surface area contributed by atoms with Gasteiger partial charge >= 0.3 is 0 Å². The van der Waals surface area contributed by atoms with Crippen LogP contribution in [0.15, 0.2) is 60.7 Å². The fourth-order valence-corrected chi connectivity index (χ4v) is 2.81. The Balaban J connectivity index is 1.93. The van der Waals surface area contributed by atoms with E-state index in [1.165, 1.54) is 0 Å². The predicted octanol–water partition coefficient (Wildman–Crippen LogP) is 4.42. The lowest BCUT2D eigenvalue weighted by atomic mass is 10.0. The van der Waals surface area contributed by atoms with Crippen molar-refractivity contribution in [3.8, 4) is 0 Å². The van der Waals surface area contributed by atoms with Crippen molar-refractivity contribution in [3.05, 3.63) is 71.4 Å². The van der Waals surface area contributed by atoms with Gasteiger partial charge in [-0.3, -0.25) is 0 Å². The third-order valence-corrected chi connectivity index (χ3v) is 3.92. The highest BCUT2D eigenvalue weighted by molar-refractivity contribution is 6.34. The highest BCUT2D eigenvalue weighted by Gasteiger charge is 2.12. The van der Waals surface area contributed by atoms with Crippen LogP contribution in [0.5, 0.6) is 0 Å². The summed E-state index contributed by atoms with van der Waals surface area (Å²) in [6.07, 6.45) is 0.607. The van der Waals surface area contributed by atoms with Crippen molar-refractivity contribution in [2.45, 2.75) is 12.5 Å². The maximum atomic E-state index is 9.32. The summed E-state index contributed by atoms with van der Waals surface area (Å²) in [6.45, 7) is 0.105. The normalized spacial score (nSPS) is 12.3. The van der Waals surface area contributed by atoms with E-state index >= 15 is 0 Å². The van der Waals surface area contributed by atoms with E-state index in [9.17, 15) is 5.11 Å². The molecule has 0 spiro atoms. The molecule has 0 aliphatic carbocycles. The number of aliphatic hydroxyl groups excluding tert-OH is 1. The number of nitrogens with zero attached hydrogens (tertiary/aromatic N) is 1. The molecule has 0 amide bonds. The number of anilines is 1. The molecule has 1 heterocycles. The van der Waals surface area contributed by atoms with Crippen LogP contribution in [0.4, 0.5) is 5.82 Å². The van der Waals surface area contributed by atoms with Gasteiger partial charge in [0.15, 0.2) is 0 Å². The number of fused-ring (bicyclic) bond motifs is 1. The van der Waals surface area contributed by atoms with Crippen molar-refractivity contribution in [2.75, 3.05) is 11.9 Å². The average Bonchev–Trinajstić information content (AvgIpc) is 2.55. The van der Waals surface area contributed by atoms with Crippen molar-refractivity contribution >= 4 is 28.2 Å². The molecule has 0 saturated heterocycles. The highest BCUT2D eigenvalue weighted by atomic mass is 35.5. The molecule has 0 radical (unpaired) electrons. The van der Waals surface area contributed by atoms with E-state index in [2.05, 4.69) is 10.3 Å². The van der Waals surface area contributed by atoms with Crippen LogP contribution in [0.3, 0.4) is 0 Å². The first-order valence-electron chi connectivity index (χ1n) is 7.25. The van der Waals surface area contributed by atoms with Crippen molar-refractivity contribution < 1.29 is 5.11 Å². The molecule has 1 aromatic heterocycles. The quantitative estimate of drug-likeness (QED) is 0.685. The maximum absolute atomic E-state index is 9.32. The molecule has 0 aliphatic heterocycles. The monoisotopic (exact) mass is 312 g/mol. The number of hydrogen-bond acceptors (Lipinski definition) is 3. The van der Waals surface area contributed by atoms with E-state index in [0.717, 1.165) is 16.3 Å². The molecule has 1 atom stereocenters. The second-order valence-electron chi connectivity index (χ2n) is 5.14. The van der Waals surface area contributed by atoms with Gasteiger partial charge in [0.05, 0.1) is 6.04 Å². The summed E-state index contributed by atoms with van der Waals surface area (Å²) in [5.41, 5.74) is 1.11. The molecule has 0 fully saturated rings. The smallest absolute Gasteiger partial charge is 0.139 e. The largest absolute Gasteiger partial charge is 0.396 e. The zero-order chi connectivity index (χ0) is 15.4. The Morgan fingerprint density at radius 2 is 1.77 bits per heavy atom. The zero-order valence-corrected chi connectivity index (χ0v) is 12.8. The number of aromatic nitrogens is 1. The van der Waals surface area contributed by atoms with E-state index in [-0.39, 0.29) is 12.6 Å². The van der Waals surface area contributed by atoms with Crippen LogP contribution in [0.1, 0.15) is 18.0 Å². The third-order valence-electron chi connectivity index (χ3n) is 3.64. The van der Waals surface area contributed by atoms with Crippen LogP contribution in [0.2, 0.25) is 5.15 Å². The van der Waals surface area contributed by atoms with Crippen LogP contribution in [-0.4, -0.2) is 16.7 Å². The van der Waals surface area contributed by atoms with Crippen molar-refractivity contribution in [3.63, 3.8) is 0 Å². The lowest BCUT2D eigenvalue weighted by Crippen LogP contribution is -2.13. The summed E-state index contributed by atoms with van der Waals surface area (Å²) < 4.78 is 0. The number of halogens is 1. The highest BCUT2D eigenvalue weighted by Crippen LogP contribution is 2.27. The molecule has 22 heavy (non-hydrogen) atoms. The lowest BCUT2D eigenvalue weighted by molar-refractivity contribution is 0.280. The van der Waals surface area contributed by atoms with E-state index in [0.29, 0.717) is 17.4 Å². The van der Waals surface area contributed by atoms with E-state index in [1.54, 1.807) is 0 Å². The minimum atomic E-state index is -0.00377. The molecule has 0 aliphatic rings. The Bertz CT molecular complexity index is 761. The Kier molecular flexibility index (Phi) is 4.56. The fraction of sp³-hybridized carbons (Fsp3) is 0.167. The van der Waals surface area contributed by atoms with Gasteiger partial charge < -0.3 is 10.4 Å². The van der Waals surface area contributed by atoms with E-state index in [4.69, 9.17) is 11.6 Å². The number of rotatable bonds is 5. The van der Waals surface area contributed by atoms with Gasteiger partial charge in [-0.15, -0.1) is 0 Å². The first-order chi connectivity index (χ1) is 10.8. The molecule has 2 N–H and O–H groups in total. The zero-order valence-electron chi connectivity index (χ0n) is 12.0. The summed E-state index contributed by atoms with van der Waals surface area (Å²) in [6, 6.07) is 19.9. The molecule has 0 saturated carbocycles. The second-order valence-corrected chi connectivity index (χ2v) is 5.50. The number of aliphatic hydroxyl groups is 1. The summed E-state index contributed by atoms with van der Waals surface area (Å²) in [4.78, 5) is 4.42. The van der Waals surface area contributed by atoms with Gasteiger partial charge in [-0.1, -0.05) is 66.2 Å². The molecule has 0 unspecified atom stereocenters. The molecule has 3 rings (SSSR count). The predicted molar refractivity (Wildman–Crippen MR) is 91.3 cm³/mol. The summed E-state index contributed by atoms with van der Waals surface area (Å²) >= 11 is 6.27. The number of pyridine rings is 1. The molecular weight excluding hydrogens is 296 g/mol. The first kappa shape index (κ1) is 14.8. The summed E-state index contributed by atoms with van der Waals surface area (Å²) in [5.74, 6) is 0.714. The Labute approximate surface area is 134 Å². The fourth-order valence-electron chi connectivity index (χ4n) is 2.55. The van der Waals surface area contributed by atoms with E-state index in [1.807, 2.05) is 60.7 Å². The Morgan fingerprint density at radius 1 is 1.05 bits per heavy atom. The Morgan fingerprint density at radius 3 is 2.55 bits per heavy atom. The van der Waals surface area contributed by atoms with Gasteiger partial charge in [0.1, 0.15) is 11.0 Å². The van der Waals surface area contributed by atoms with Gasteiger partial charge in [-0.2, -0.15) is 0 Å². The van der Waals surface area contributed by atoms with Crippen LogP contribution in [-0.2, 0) is 0 Å². The minimum Gasteiger partial charge on any atom is -0.396 e. The average molecular weight is 313 g/mol. The molecule has 112 valence electrons. The van der Waals surface area contributed by atoms with Gasteiger partial charge in [-0.25, -0.2) is 4.98 Å². The van der Waals surface area contributed by atoms with Gasteiger partial charge in [-0.05, 0) is 23.4 Å². The van der Waals surface area contributed by atoms with Crippen LogP contribution >= 0.6 is 11.6 Å². The molecular formula is C18H17ClN2O. The Hall–Kier alpha value is -2.10. The van der Waals surface area contributed by atoms with Crippen LogP contribution in [0, 0.1) is 0 Å². The molecule has 0 bridgehead atoms. The lowest BCUT2D eigenvalue weighted by Gasteiger charge is -2.19. The molecule has 4 heteroatoms. The first-order valence-corrected chi connectivity index (χ1v) is 7.63. The second kappa shape index (κ2) is 6.77. The number of nitrogens with one attached hydrogen (secondary N) is 1. The molecule has 2 aromatic carbocycles. The molecule has 3 nitrogen and oxygen atoms in total. The van der Waals surface area contributed by atoms with E-state index < -0.39 is 0 Å². The van der Waals surface area contributed by atoms with Crippen molar-refractivity contribution in [1.82, 2.24) is 4.98 Å². The SMILES string of the molecule is OCC[C@@H](Nc1cc2ccccc2c(Cl)n1)c1ccccc1. The van der Waals surface area contributed by atoms with Gasteiger partial charge in [0, 0.05) is 12.0 Å². The number of hydrogen-bond donors (Lipinski definition) is 2. The van der Waals surface area contributed by atoms with Crippen molar-refractivity contribution in [2.24, 2.45) is 0 Å². The number of benzene rings is 2. The summed E-state index contributed by atoms with van der Waals surface area (Å²) in [5, 5.41) is 15.2. The van der Waals surface area contributed by atoms with Crippen LogP contribution in [0.25, 0.3) is 10.8 Å². The topological polar surface area (TPSA) is 45.1 Å². The third kappa shape index (κ3) is 3.21. The summed E-state index contributed by atoms with van der Waals surface area (Å²) in [7, 11) is 0. The van der Waals surface area contributed by atoms with Crippen LogP contribution < -0.4 is 5.32 Å². The standard InChI is InChI=1S/C18H17ClN2O/c19-18-15-9-5-4-8-14(15)12-17(21-18)20-16(10-11-22)13-6-2-1-3-7-13/h1-9,12,16,22H,10-11H2,(H,20,21)/t16-/m1/s1. The van der Waals surface area contributed by atoms with Crippen molar-refractivity contribution in [1.29, 1.82) is 0 Å². The van der Waals surface area contributed by atoms with Gasteiger partial charge in [0.2, 0.25) is 0 Å². The minimum absolute atomic E-state index is 0.00377. The molecule has 3 aromatic rings. The van der Waals surface area contributed by atoms with Gasteiger partial charge in [0.25, 0.3) is 0 Å².